The molecule has 1 saturated heterocycles. The van der Waals surface area contributed by atoms with E-state index in [9.17, 15) is 14.7 Å². The molecule has 4 atom stereocenters. The van der Waals surface area contributed by atoms with Crippen LogP contribution in [0.3, 0.4) is 0 Å². The van der Waals surface area contributed by atoms with Gasteiger partial charge in [0.15, 0.2) is 11.5 Å². The standard InChI is InChI=1S/C21H30N2O5S/c1-11-6-14-12(2)7-23-13(3)8-28-21(26)16(24)10-29-9-15(23)18(22-4)17(14)19(25)20(11)27-5/h6,12-13,15,18,22,25H,7-10H2,1-5H3/t12?,13-,15+,18+/m1/s1. The van der Waals surface area contributed by atoms with Crippen LogP contribution in [0.1, 0.15) is 42.5 Å². The monoisotopic (exact) mass is 422 g/mol. The molecule has 1 aromatic rings. The summed E-state index contributed by atoms with van der Waals surface area (Å²) >= 11 is 1.43. The molecule has 3 rings (SSSR count). The first-order valence-electron chi connectivity index (χ1n) is 9.91. The number of ether oxygens (including phenoxy) is 2. The van der Waals surface area contributed by atoms with Gasteiger partial charge in [-0.15, -0.1) is 0 Å². The average Bonchev–Trinajstić information content (AvgIpc) is 2.80. The Labute approximate surface area is 176 Å². The molecule has 0 aromatic heterocycles. The topological polar surface area (TPSA) is 88.1 Å². The number of likely N-dealkylation sites (N-methyl/N-ethyl adjacent to an activating group) is 1. The minimum atomic E-state index is -0.753. The number of phenols is 1. The second kappa shape index (κ2) is 8.93. The van der Waals surface area contributed by atoms with Gasteiger partial charge in [-0.3, -0.25) is 9.69 Å². The highest BCUT2D eigenvalue weighted by Crippen LogP contribution is 2.46. The summed E-state index contributed by atoms with van der Waals surface area (Å²) in [6.45, 7) is 7.02. The highest BCUT2D eigenvalue weighted by Gasteiger charge is 2.40. The number of hydrogen-bond acceptors (Lipinski definition) is 8. The predicted molar refractivity (Wildman–Crippen MR) is 113 cm³/mol. The van der Waals surface area contributed by atoms with Crippen molar-refractivity contribution in [1.29, 1.82) is 0 Å². The Morgan fingerprint density at radius 1 is 1.34 bits per heavy atom. The van der Waals surface area contributed by atoms with Gasteiger partial charge in [-0.25, -0.2) is 4.79 Å². The van der Waals surface area contributed by atoms with Crippen LogP contribution in [0.15, 0.2) is 6.07 Å². The third-order valence-electron chi connectivity index (χ3n) is 5.94. The molecule has 7 nitrogen and oxygen atoms in total. The molecule has 2 N–H and O–H groups in total. The van der Waals surface area contributed by atoms with Crippen LogP contribution in [0.2, 0.25) is 0 Å². The fourth-order valence-corrected chi connectivity index (χ4v) is 5.53. The van der Waals surface area contributed by atoms with Crippen LogP contribution in [0, 0.1) is 6.92 Å². The summed E-state index contributed by atoms with van der Waals surface area (Å²) in [4.78, 5) is 26.2. The summed E-state index contributed by atoms with van der Waals surface area (Å²) in [6.07, 6.45) is 0. The lowest BCUT2D eigenvalue weighted by molar-refractivity contribution is -0.154. The summed E-state index contributed by atoms with van der Waals surface area (Å²) < 4.78 is 10.7. The van der Waals surface area contributed by atoms with Gasteiger partial charge in [0, 0.05) is 29.9 Å². The SMILES string of the molecule is CN[C@@H]1c2c(cc(C)c(OC)c2O)C(C)CN2[C@H](C)COC(=O)C(=O)CSC[C@@H]12. The zero-order valence-corrected chi connectivity index (χ0v) is 18.5. The van der Waals surface area contributed by atoms with E-state index in [-0.39, 0.29) is 42.2 Å². The van der Waals surface area contributed by atoms with Crippen molar-refractivity contribution in [2.24, 2.45) is 0 Å². The molecular weight excluding hydrogens is 392 g/mol. The van der Waals surface area contributed by atoms with Gasteiger partial charge in [0.1, 0.15) is 6.61 Å². The third-order valence-corrected chi connectivity index (χ3v) is 6.98. The van der Waals surface area contributed by atoms with Gasteiger partial charge in [0.25, 0.3) is 0 Å². The van der Waals surface area contributed by atoms with Gasteiger partial charge in [-0.2, -0.15) is 11.8 Å². The van der Waals surface area contributed by atoms with Crippen molar-refractivity contribution in [2.75, 3.05) is 38.8 Å². The number of cyclic esters (lactones) is 1. The Kier molecular flexibility index (Phi) is 6.76. The Balaban J connectivity index is 2.10. The first-order valence-corrected chi connectivity index (χ1v) is 11.1. The van der Waals surface area contributed by atoms with E-state index in [0.717, 1.165) is 23.2 Å². The van der Waals surface area contributed by atoms with E-state index in [4.69, 9.17) is 9.47 Å². The van der Waals surface area contributed by atoms with E-state index in [1.807, 2.05) is 20.9 Å². The van der Waals surface area contributed by atoms with E-state index in [0.29, 0.717) is 11.5 Å². The number of carbonyl (C=O) groups is 2. The van der Waals surface area contributed by atoms with Crippen molar-refractivity contribution in [3.05, 3.63) is 22.8 Å². The van der Waals surface area contributed by atoms with Crippen molar-refractivity contribution in [3.63, 3.8) is 0 Å². The fraction of sp³-hybridized carbons (Fsp3) is 0.619. The second-order valence-corrected chi connectivity index (χ2v) is 8.93. The van der Waals surface area contributed by atoms with Gasteiger partial charge >= 0.3 is 5.97 Å². The number of ketones is 1. The highest BCUT2D eigenvalue weighted by atomic mass is 32.2. The maximum atomic E-state index is 12.0. The fourth-order valence-electron chi connectivity index (χ4n) is 4.49. The molecule has 0 spiro atoms. The first-order chi connectivity index (χ1) is 13.8. The average molecular weight is 423 g/mol. The van der Waals surface area contributed by atoms with E-state index < -0.39 is 11.8 Å². The number of nitrogens with one attached hydrogen (secondary N) is 1. The maximum absolute atomic E-state index is 12.0. The molecule has 0 aliphatic carbocycles. The van der Waals surface area contributed by atoms with Crippen LogP contribution in [-0.4, -0.2) is 72.7 Å². The lowest BCUT2D eigenvalue weighted by Gasteiger charge is -2.39. The molecule has 0 bridgehead atoms. The summed E-state index contributed by atoms with van der Waals surface area (Å²) in [5.41, 5.74) is 2.84. The number of phenolic OH excluding ortho intramolecular Hbond substituents is 1. The molecule has 29 heavy (non-hydrogen) atoms. The molecule has 2 heterocycles. The van der Waals surface area contributed by atoms with Crippen LogP contribution in [0.4, 0.5) is 0 Å². The van der Waals surface area contributed by atoms with Gasteiger partial charge < -0.3 is 19.9 Å². The van der Waals surface area contributed by atoms with Crippen LogP contribution in [0.5, 0.6) is 11.5 Å². The van der Waals surface area contributed by atoms with Crippen molar-refractivity contribution in [2.45, 2.75) is 44.8 Å². The molecule has 1 unspecified atom stereocenters. The van der Waals surface area contributed by atoms with Crippen LogP contribution in [-0.2, 0) is 14.3 Å². The van der Waals surface area contributed by atoms with Gasteiger partial charge in [0.05, 0.1) is 18.9 Å². The minimum absolute atomic E-state index is 0.00612. The van der Waals surface area contributed by atoms with Crippen molar-refractivity contribution in [1.82, 2.24) is 10.2 Å². The normalized spacial score (nSPS) is 28.7. The van der Waals surface area contributed by atoms with Crippen molar-refractivity contribution < 1.29 is 24.2 Å². The molecule has 0 radical (unpaired) electrons. The number of benzene rings is 1. The van der Waals surface area contributed by atoms with Crippen LogP contribution >= 0.6 is 11.8 Å². The minimum Gasteiger partial charge on any atom is -0.504 e. The van der Waals surface area contributed by atoms with Crippen LogP contribution in [0.25, 0.3) is 0 Å². The Morgan fingerprint density at radius 3 is 2.72 bits per heavy atom. The third kappa shape index (κ3) is 4.11. The summed E-state index contributed by atoms with van der Waals surface area (Å²) in [5.74, 6) is 0.323. The zero-order valence-electron chi connectivity index (χ0n) is 17.7. The van der Waals surface area contributed by atoms with Crippen molar-refractivity contribution in [3.8, 4) is 11.5 Å². The number of hydrogen-bond donors (Lipinski definition) is 2. The summed E-state index contributed by atoms with van der Waals surface area (Å²) in [7, 11) is 3.45. The van der Waals surface area contributed by atoms with Crippen molar-refractivity contribution >= 4 is 23.5 Å². The molecule has 2 aliphatic rings. The molecule has 160 valence electrons. The Bertz CT molecular complexity index is 800. The molecule has 1 aromatic carbocycles. The smallest absolute Gasteiger partial charge is 0.375 e. The van der Waals surface area contributed by atoms with E-state index in [1.54, 1.807) is 7.11 Å². The van der Waals surface area contributed by atoms with E-state index >= 15 is 0 Å². The van der Waals surface area contributed by atoms with Gasteiger partial charge in [-0.1, -0.05) is 13.0 Å². The highest BCUT2D eigenvalue weighted by molar-refractivity contribution is 8.00. The largest absolute Gasteiger partial charge is 0.504 e. The first kappa shape index (κ1) is 21.9. The number of Topliss-reactive ketones (excluding diaryl/α,β-unsaturated/α-hetero) is 1. The number of aryl methyl sites for hydroxylation is 1. The number of esters is 1. The Morgan fingerprint density at radius 2 is 2.07 bits per heavy atom. The summed E-state index contributed by atoms with van der Waals surface area (Å²) in [6, 6.07) is 1.88. The van der Waals surface area contributed by atoms with Crippen LogP contribution < -0.4 is 10.1 Å². The number of fused-ring (bicyclic) bond motifs is 2. The molecule has 0 saturated carbocycles. The van der Waals surface area contributed by atoms with Gasteiger partial charge in [0.2, 0.25) is 5.78 Å². The quantitative estimate of drug-likeness (QED) is 0.553. The molecular formula is C21H30N2O5S. The molecule has 0 amide bonds. The Hall–Kier alpha value is -1.77. The van der Waals surface area contributed by atoms with Gasteiger partial charge in [-0.05, 0) is 37.9 Å². The molecule has 8 heteroatoms. The maximum Gasteiger partial charge on any atom is 0.375 e. The van der Waals surface area contributed by atoms with E-state index in [2.05, 4.69) is 23.2 Å². The summed E-state index contributed by atoms with van der Waals surface area (Å²) in [5, 5.41) is 14.5. The second-order valence-electron chi connectivity index (χ2n) is 7.90. The number of nitrogens with zero attached hydrogens (tertiary/aromatic N) is 1. The zero-order chi connectivity index (χ0) is 21.3. The number of thioether (sulfide) groups is 1. The number of rotatable bonds is 2. The molecule has 2 aliphatic heterocycles. The number of aromatic hydroxyl groups is 1. The number of carbonyl (C=O) groups excluding carboxylic acids is 2. The van der Waals surface area contributed by atoms with E-state index in [1.165, 1.54) is 11.8 Å². The number of methoxy groups -OCH3 is 1. The lowest BCUT2D eigenvalue weighted by Crippen LogP contribution is -2.51. The molecule has 1 fully saturated rings. The lowest BCUT2D eigenvalue weighted by atomic mass is 9.88. The predicted octanol–water partition coefficient (Wildman–Crippen LogP) is 2.01.